The van der Waals surface area contributed by atoms with Crippen molar-refractivity contribution in [3.8, 4) is 11.5 Å². The molecule has 168 valence electrons. The van der Waals surface area contributed by atoms with Gasteiger partial charge < -0.3 is 14.8 Å². The summed E-state index contributed by atoms with van der Waals surface area (Å²) in [6, 6.07) is 17.0. The van der Waals surface area contributed by atoms with Gasteiger partial charge in [0.2, 0.25) is 0 Å². The lowest BCUT2D eigenvalue weighted by Gasteiger charge is -2.06. The second-order valence-electron chi connectivity index (χ2n) is 6.89. The number of nitro benzene ring substituents is 1. The number of aromatic nitrogens is 1. The van der Waals surface area contributed by atoms with E-state index < -0.39 is 4.92 Å². The van der Waals surface area contributed by atoms with E-state index in [-0.39, 0.29) is 11.6 Å². The van der Waals surface area contributed by atoms with Crippen molar-refractivity contribution in [1.29, 1.82) is 0 Å². The number of carbonyl (C=O) groups is 1. The number of methoxy groups -OCH3 is 2. The molecule has 1 aromatic heterocycles. The topological polar surface area (TPSA) is 104 Å². The van der Waals surface area contributed by atoms with Crippen LogP contribution in [0.3, 0.4) is 0 Å². The first-order chi connectivity index (χ1) is 16.0. The van der Waals surface area contributed by atoms with Crippen LogP contribution >= 0.6 is 23.1 Å². The number of nitrogens with zero attached hydrogens (tertiary/aromatic N) is 2. The highest BCUT2D eigenvalue weighted by Crippen LogP contribution is 2.35. The van der Waals surface area contributed by atoms with E-state index in [1.165, 1.54) is 42.3 Å². The van der Waals surface area contributed by atoms with Gasteiger partial charge in [0.25, 0.3) is 11.6 Å². The molecule has 0 aliphatic heterocycles. The normalized spacial score (nSPS) is 10.7. The molecular weight excluding hydrogens is 462 g/mol. The van der Waals surface area contributed by atoms with E-state index in [9.17, 15) is 14.9 Å². The SMILES string of the molecule is COc1cccc(C(=O)Nc2ccc3nc(SCc4cc([N+](=O)[O-])ccc4OC)sc3c2)c1. The Bertz CT molecular complexity index is 1340. The van der Waals surface area contributed by atoms with Crippen LogP contribution < -0.4 is 14.8 Å². The first kappa shape index (κ1) is 22.6. The summed E-state index contributed by atoms with van der Waals surface area (Å²) < 4.78 is 12.2. The number of hydrogen-bond donors (Lipinski definition) is 1. The fourth-order valence-electron chi connectivity index (χ4n) is 3.14. The molecule has 0 aliphatic carbocycles. The number of non-ortho nitro benzene ring substituents is 1. The number of thioether (sulfide) groups is 1. The fraction of sp³-hybridized carbons (Fsp3) is 0.130. The van der Waals surface area contributed by atoms with Crippen molar-refractivity contribution in [2.24, 2.45) is 0 Å². The second kappa shape index (κ2) is 9.88. The molecule has 33 heavy (non-hydrogen) atoms. The van der Waals surface area contributed by atoms with Crippen LogP contribution in [0, 0.1) is 10.1 Å². The van der Waals surface area contributed by atoms with Crippen LogP contribution in [0.4, 0.5) is 11.4 Å². The minimum atomic E-state index is -0.424. The van der Waals surface area contributed by atoms with Gasteiger partial charge in [0.15, 0.2) is 4.34 Å². The number of fused-ring (bicyclic) bond motifs is 1. The van der Waals surface area contributed by atoms with E-state index in [2.05, 4.69) is 10.3 Å². The molecule has 0 spiro atoms. The number of thiazole rings is 1. The van der Waals surface area contributed by atoms with Crippen LogP contribution in [0.5, 0.6) is 11.5 Å². The molecule has 0 saturated heterocycles. The van der Waals surface area contributed by atoms with Gasteiger partial charge in [-0.1, -0.05) is 17.8 Å². The highest BCUT2D eigenvalue weighted by Gasteiger charge is 2.14. The largest absolute Gasteiger partial charge is 0.497 e. The maximum atomic E-state index is 12.6. The first-order valence-corrected chi connectivity index (χ1v) is 11.6. The predicted octanol–water partition coefficient (Wildman–Crippen LogP) is 5.77. The summed E-state index contributed by atoms with van der Waals surface area (Å²) in [4.78, 5) is 27.9. The van der Waals surface area contributed by atoms with Crippen LogP contribution in [0.25, 0.3) is 10.2 Å². The number of rotatable bonds is 8. The minimum Gasteiger partial charge on any atom is -0.497 e. The van der Waals surface area contributed by atoms with Crippen LogP contribution in [0.2, 0.25) is 0 Å². The average Bonchev–Trinajstić information content (AvgIpc) is 3.24. The zero-order chi connectivity index (χ0) is 23.4. The summed E-state index contributed by atoms with van der Waals surface area (Å²) in [6.07, 6.45) is 0. The number of ether oxygens (including phenoxy) is 2. The molecule has 3 aromatic carbocycles. The molecule has 0 bridgehead atoms. The number of benzene rings is 3. The van der Waals surface area contributed by atoms with E-state index >= 15 is 0 Å². The minimum absolute atomic E-state index is 0.0205. The van der Waals surface area contributed by atoms with Gasteiger partial charge in [0, 0.05) is 34.7 Å². The van der Waals surface area contributed by atoms with Gasteiger partial charge in [0.1, 0.15) is 11.5 Å². The Labute approximate surface area is 197 Å². The smallest absolute Gasteiger partial charge is 0.270 e. The molecule has 4 aromatic rings. The summed E-state index contributed by atoms with van der Waals surface area (Å²) in [5.74, 6) is 1.45. The van der Waals surface area contributed by atoms with Crippen molar-refractivity contribution in [3.05, 3.63) is 81.9 Å². The Kier molecular flexibility index (Phi) is 6.76. The van der Waals surface area contributed by atoms with Crippen LogP contribution in [-0.2, 0) is 5.75 Å². The number of amides is 1. The van der Waals surface area contributed by atoms with E-state index in [4.69, 9.17) is 9.47 Å². The Hall–Kier alpha value is -3.63. The molecule has 4 rings (SSSR count). The van der Waals surface area contributed by atoms with Gasteiger partial charge in [-0.2, -0.15) is 0 Å². The number of anilines is 1. The van der Waals surface area contributed by atoms with Gasteiger partial charge >= 0.3 is 0 Å². The third kappa shape index (κ3) is 5.24. The summed E-state index contributed by atoms with van der Waals surface area (Å²) >= 11 is 2.96. The van der Waals surface area contributed by atoms with E-state index in [0.717, 1.165) is 20.1 Å². The third-order valence-corrected chi connectivity index (χ3v) is 6.99. The lowest BCUT2D eigenvalue weighted by atomic mass is 10.2. The van der Waals surface area contributed by atoms with Gasteiger partial charge in [0.05, 0.1) is 29.4 Å². The predicted molar refractivity (Wildman–Crippen MR) is 130 cm³/mol. The molecule has 0 atom stereocenters. The Morgan fingerprint density at radius 1 is 1.12 bits per heavy atom. The first-order valence-electron chi connectivity index (χ1n) is 9.77. The molecule has 0 aliphatic rings. The van der Waals surface area contributed by atoms with Gasteiger partial charge in [-0.3, -0.25) is 14.9 Å². The molecular formula is C23H19N3O5S2. The van der Waals surface area contributed by atoms with Crippen LogP contribution in [0.1, 0.15) is 15.9 Å². The van der Waals surface area contributed by atoms with E-state index in [1.54, 1.807) is 43.5 Å². The zero-order valence-electron chi connectivity index (χ0n) is 17.7. The molecule has 1 heterocycles. The van der Waals surface area contributed by atoms with Crippen molar-refractivity contribution in [1.82, 2.24) is 4.98 Å². The second-order valence-corrected chi connectivity index (χ2v) is 9.14. The molecule has 0 radical (unpaired) electrons. The molecule has 1 amide bonds. The molecule has 0 unspecified atom stereocenters. The van der Waals surface area contributed by atoms with Crippen molar-refractivity contribution in [2.45, 2.75) is 10.1 Å². The summed E-state index contributed by atoms with van der Waals surface area (Å²) in [6.45, 7) is 0. The highest BCUT2D eigenvalue weighted by molar-refractivity contribution is 8.00. The molecule has 1 N–H and O–H groups in total. The van der Waals surface area contributed by atoms with E-state index in [0.29, 0.717) is 28.5 Å². The number of nitrogens with one attached hydrogen (secondary N) is 1. The molecule has 0 fully saturated rings. The van der Waals surface area contributed by atoms with Crippen molar-refractivity contribution >= 4 is 50.6 Å². The van der Waals surface area contributed by atoms with Gasteiger partial charge in [-0.15, -0.1) is 11.3 Å². The highest BCUT2D eigenvalue weighted by atomic mass is 32.2. The lowest BCUT2D eigenvalue weighted by molar-refractivity contribution is -0.384. The summed E-state index contributed by atoms with van der Waals surface area (Å²) in [5.41, 5.74) is 2.72. The maximum absolute atomic E-state index is 12.6. The Morgan fingerprint density at radius 2 is 1.97 bits per heavy atom. The quantitative estimate of drug-likeness (QED) is 0.194. The van der Waals surface area contributed by atoms with Crippen molar-refractivity contribution < 1.29 is 19.2 Å². The monoisotopic (exact) mass is 481 g/mol. The van der Waals surface area contributed by atoms with Crippen molar-refractivity contribution in [2.75, 3.05) is 19.5 Å². The number of carbonyl (C=O) groups excluding carboxylic acids is 1. The Balaban J connectivity index is 1.49. The summed E-state index contributed by atoms with van der Waals surface area (Å²) in [5, 5.41) is 14.0. The van der Waals surface area contributed by atoms with Crippen LogP contribution in [0.15, 0.2) is 65.0 Å². The fourth-order valence-corrected chi connectivity index (χ4v) is 5.23. The van der Waals surface area contributed by atoms with Gasteiger partial charge in [-0.25, -0.2) is 4.98 Å². The third-order valence-electron chi connectivity index (χ3n) is 4.78. The number of hydrogen-bond acceptors (Lipinski definition) is 8. The average molecular weight is 482 g/mol. The van der Waals surface area contributed by atoms with Gasteiger partial charge in [-0.05, 0) is 42.5 Å². The lowest BCUT2D eigenvalue weighted by Crippen LogP contribution is -2.11. The summed E-state index contributed by atoms with van der Waals surface area (Å²) in [7, 11) is 3.09. The molecule has 8 nitrogen and oxygen atoms in total. The maximum Gasteiger partial charge on any atom is 0.270 e. The standard InChI is InChI=1S/C23H19N3O5S2/c1-30-18-5-3-4-14(11-18)22(27)24-16-6-8-19-21(12-16)33-23(25-19)32-13-15-10-17(26(28)29)7-9-20(15)31-2/h3-12H,13H2,1-2H3,(H,24,27). The Morgan fingerprint density at radius 3 is 2.73 bits per heavy atom. The van der Waals surface area contributed by atoms with E-state index in [1.807, 2.05) is 12.1 Å². The zero-order valence-corrected chi connectivity index (χ0v) is 19.4. The van der Waals surface area contributed by atoms with Crippen LogP contribution in [-0.4, -0.2) is 30.0 Å². The van der Waals surface area contributed by atoms with Crippen molar-refractivity contribution in [3.63, 3.8) is 0 Å². The molecule has 10 heteroatoms. The number of nitro groups is 1. The molecule has 0 saturated carbocycles.